The molecule has 0 bridgehead atoms. The highest BCUT2D eigenvalue weighted by atomic mass is 16.6. The summed E-state index contributed by atoms with van der Waals surface area (Å²) in [6, 6.07) is 11.3. The Morgan fingerprint density at radius 3 is 2.55 bits per heavy atom. The van der Waals surface area contributed by atoms with E-state index in [1.807, 2.05) is 20.8 Å². The van der Waals surface area contributed by atoms with Gasteiger partial charge in [0.1, 0.15) is 5.60 Å². The predicted molar refractivity (Wildman–Crippen MR) is 120 cm³/mol. The van der Waals surface area contributed by atoms with Crippen LogP contribution in [0.3, 0.4) is 0 Å². The molecule has 3 rings (SSSR count). The van der Waals surface area contributed by atoms with Gasteiger partial charge in [-0.25, -0.2) is 0 Å². The molecule has 0 spiro atoms. The van der Waals surface area contributed by atoms with Gasteiger partial charge in [-0.3, -0.25) is 4.79 Å². The van der Waals surface area contributed by atoms with E-state index in [9.17, 15) is 4.79 Å². The van der Waals surface area contributed by atoms with Gasteiger partial charge in [-0.15, -0.1) is 0 Å². The maximum atomic E-state index is 11.9. The summed E-state index contributed by atoms with van der Waals surface area (Å²) in [5.74, 6) is 1.37. The van der Waals surface area contributed by atoms with Gasteiger partial charge in [0.25, 0.3) is 0 Å². The molecule has 1 saturated carbocycles. The minimum Gasteiger partial charge on any atom is -0.460 e. The monoisotopic (exact) mass is 398 g/mol. The van der Waals surface area contributed by atoms with Gasteiger partial charge in [0.2, 0.25) is 0 Å². The van der Waals surface area contributed by atoms with Gasteiger partial charge in [0, 0.05) is 12.6 Å². The van der Waals surface area contributed by atoms with Crippen molar-refractivity contribution in [2.24, 2.45) is 11.8 Å². The number of ether oxygens (including phenoxy) is 1. The standard InChI is InChI=1S/C25H38N2O2/c1-19(16-20-8-6-5-7-9-20)22-17-23(22)26-18-21-10-13-27(14-11-21)15-12-24(28)29-25(2,3)4/h5-9,16,21-23,26H,10-15,17-18H2,1-4H3/t22?,23-/m0/s1. The first-order valence-corrected chi connectivity index (χ1v) is 11.2. The molecule has 29 heavy (non-hydrogen) atoms. The number of nitrogens with zero attached hydrogens (tertiary/aromatic N) is 1. The minimum atomic E-state index is -0.384. The van der Waals surface area contributed by atoms with Gasteiger partial charge >= 0.3 is 5.97 Å². The number of benzene rings is 1. The lowest BCUT2D eigenvalue weighted by Crippen LogP contribution is -2.39. The van der Waals surface area contributed by atoms with Gasteiger partial charge in [-0.1, -0.05) is 42.0 Å². The molecule has 4 heteroatoms. The first kappa shape index (κ1) is 22.0. The molecule has 1 aliphatic heterocycles. The molecule has 1 heterocycles. The van der Waals surface area contributed by atoms with Crippen LogP contribution in [0.15, 0.2) is 35.9 Å². The summed E-state index contributed by atoms with van der Waals surface area (Å²) in [5, 5.41) is 3.80. The molecule has 1 aliphatic carbocycles. The molecule has 0 radical (unpaired) electrons. The molecule has 1 aromatic carbocycles. The molecule has 4 nitrogen and oxygen atoms in total. The molecule has 0 aromatic heterocycles. The molecule has 0 amide bonds. The Hall–Kier alpha value is -1.65. The van der Waals surface area contributed by atoms with Crippen molar-refractivity contribution in [2.75, 3.05) is 26.2 Å². The summed E-state index contributed by atoms with van der Waals surface area (Å²) in [4.78, 5) is 14.3. The number of hydrogen-bond acceptors (Lipinski definition) is 4. The molecule has 1 N–H and O–H groups in total. The summed E-state index contributed by atoms with van der Waals surface area (Å²) in [6.07, 6.45) is 6.53. The number of carbonyl (C=O) groups is 1. The van der Waals surface area contributed by atoms with Crippen LogP contribution < -0.4 is 5.32 Å². The highest BCUT2D eigenvalue weighted by molar-refractivity contribution is 5.70. The summed E-state index contributed by atoms with van der Waals surface area (Å²) >= 11 is 0. The second-order valence-electron chi connectivity index (χ2n) is 9.78. The fourth-order valence-corrected chi connectivity index (χ4v) is 4.22. The highest BCUT2D eigenvalue weighted by Gasteiger charge is 2.38. The SMILES string of the molecule is CC(=Cc1ccccc1)C1C[C@@H]1NCC1CCN(CCC(=O)OC(C)(C)C)CC1. The van der Waals surface area contributed by atoms with Crippen LogP contribution in [-0.4, -0.2) is 48.7 Å². The summed E-state index contributed by atoms with van der Waals surface area (Å²) in [6.45, 7) is 12.2. The lowest BCUT2D eigenvalue weighted by molar-refractivity contribution is -0.155. The zero-order valence-corrected chi connectivity index (χ0v) is 18.6. The van der Waals surface area contributed by atoms with E-state index in [2.05, 4.69) is 53.5 Å². The molecular formula is C25H38N2O2. The summed E-state index contributed by atoms with van der Waals surface area (Å²) in [5.41, 5.74) is 2.41. The summed E-state index contributed by atoms with van der Waals surface area (Å²) in [7, 11) is 0. The number of rotatable bonds is 8. The van der Waals surface area contributed by atoms with E-state index >= 15 is 0 Å². The van der Waals surface area contributed by atoms with Crippen molar-refractivity contribution < 1.29 is 9.53 Å². The topological polar surface area (TPSA) is 41.6 Å². The fourth-order valence-electron chi connectivity index (χ4n) is 4.22. The number of likely N-dealkylation sites (tertiary alicyclic amines) is 1. The second kappa shape index (κ2) is 9.90. The first-order valence-electron chi connectivity index (χ1n) is 11.2. The Balaban J connectivity index is 1.30. The molecular weight excluding hydrogens is 360 g/mol. The molecule has 1 saturated heterocycles. The van der Waals surface area contributed by atoms with Gasteiger partial charge < -0.3 is 15.0 Å². The second-order valence-corrected chi connectivity index (χ2v) is 9.78. The van der Waals surface area contributed by atoms with E-state index in [0.717, 1.165) is 32.1 Å². The van der Waals surface area contributed by atoms with E-state index in [0.29, 0.717) is 18.4 Å². The quantitative estimate of drug-likeness (QED) is 0.654. The van der Waals surface area contributed by atoms with Crippen LogP contribution in [0.1, 0.15) is 58.9 Å². The molecule has 2 aliphatic rings. The predicted octanol–water partition coefficient (Wildman–Crippen LogP) is 4.51. The zero-order chi connectivity index (χ0) is 20.9. The van der Waals surface area contributed by atoms with Crippen LogP contribution >= 0.6 is 0 Å². The average Bonchev–Trinajstić information content (AvgIpc) is 3.45. The fraction of sp³-hybridized carbons (Fsp3) is 0.640. The largest absolute Gasteiger partial charge is 0.460 e. The van der Waals surface area contributed by atoms with Crippen molar-refractivity contribution in [1.29, 1.82) is 0 Å². The van der Waals surface area contributed by atoms with Crippen LogP contribution in [-0.2, 0) is 9.53 Å². The Morgan fingerprint density at radius 2 is 1.90 bits per heavy atom. The minimum absolute atomic E-state index is 0.0833. The van der Waals surface area contributed by atoms with E-state index in [4.69, 9.17) is 4.74 Å². The van der Waals surface area contributed by atoms with Crippen LogP contribution in [0.4, 0.5) is 0 Å². The van der Waals surface area contributed by atoms with E-state index in [-0.39, 0.29) is 11.6 Å². The van der Waals surface area contributed by atoms with Crippen LogP contribution in [0, 0.1) is 11.8 Å². The molecule has 2 fully saturated rings. The van der Waals surface area contributed by atoms with Gasteiger partial charge in [-0.05, 0) is 84.0 Å². The van der Waals surface area contributed by atoms with Crippen LogP contribution in [0.2, 0.25) is 0 Å². The lowest BCUT2D eigenvalue weighted by Gasteiger charge is -2.32. The van der Waals surface area contributed by atoms with Gasteiger partial charge in [-0.2, -0.15) is 0 Å². The van der Waals surface area contributed by atoms with E-state index in [1.165, 1.54) is 30.4 Å². The molecule has 160 valence electrons. The van der Waals surface area contributed by atoms with Crippen LogP contribution in [0.5, 0.6) is 0 Å². The van der Waals surface area contributed by atoms with E-state index in [1.54, 1.807) is 0 Å². The van der Waals surface area contributed by atoms with Gasteiger partial charge in [0.15, 0.2) is 0 Å². The number of hydrogen-bond donors (Lipinski definition) is 1. The van der Waals surface area contributed by atoms with Crippen molar-refractivity contribution in [2.45, 2.75) is 65.0 Å². The van der Waals surface area contributed by atoms with Gasteiger partial charge in [0.05, 0.1) is 6.42 Å². The number of carbonyl (C=O) groups excluding carboxylic acids is 1. The third-order valence-electron chi connectivity index (χ3n) is 6.00. The smallest absolute Gasteiger partial charge is 0.307 e. The van der Waals surface area contributed by atoms with E-state index < -0.39 is 0 Å². The van der Waals surface area contributed by atoms with Crippen molar-refractivity contribution >= 4 is 12.0 Å². The zero-order valence-electron chi connectivity index (χ0n) is 18.6. The highest BCUT2D eigenvalue weighted by Crippen LogP contribution is 2.38. The Morgan fingerprint density at radius 1 is 1.21 bits per heavy atom. The Kier molecular flexibility index (Phi) is 7.53. The number of nitrogens with one attached hydrogen (secondary N) is 1. The van der Waals surface area contributed by atoms with Crippen molar-refractivity contribution in [3.63, 3.8) is 0 Å². The molecule has 1 aromatic rings. The number of esters is 1. The maximum Gasteiger partial charge on any atom is 0.307 e. The first-order chi connectivity index (χ1) is 13.8. The third-order valence-corrected chi connectivity index (χ3v) is 6.00. The maximum absolute atomic E-state index is 11.9. The average molecular weight is 399 g/mol. The Labute approximate surface area is 176 Å². The third kappa shape index (κ3) is 7.60. The number of piperidine rings is 1. The normalized spacial score (nSPS) is 23.8. The Bertz CT molecular complexity index is 685. The molecule has 1 unspecified atom stereocenters. The van der Waals surface area contributed by atoms with Crippen molar-refractivity contribution in [3.05, 3.63) is 41.5 Å². The van der Waals surface area contributed by atoms with Crippen molar-refractivity contribution in [1.82, 2.24) is 10.2 Å². The molecule has 2 atom stereocenters. The van der Waals surface area contributed by atoms with Crippen LogP contribution in [0.25, 0.3) is 6.08 Å². The lowest BCUT2D eigenvalue weighted by atomic mass is 9.96. The van der Waals surface area contributed by atoms with Crippen molar-refractivity contribution in [3.8, 4) is 0 Å². The summed E-state index contributed by atoms with van der Waals surface area (Å²) < 4.78 is 5.41.